The van der Waals surface area contributed by atoms with Crippen molar-refractivity contribution in [3.05, 3.63) is 0 Å². The second kappa shape index (κ2) is 3.05. The molecule has 2 unspecified atom stereocenters. The van der Waals surface area contributed by atoms with E-state index in [0.717, 1.165) is 0 Å². The van der Waals surface area contributed by atoms with Crippen molar-refractivity contribution in [1.82, 2.24) is 0 Å². The molecule has 1 aliphatic heterocycles. The lowest BCUT2D eigenvalue weighted by Crippen LogP contribution is -2.25. The largest absolute Gasteiger partial charge is 0.462 e. The molecule has 1 rings (SSSR count). The van der Waals surface area contributed by atoms with Gasteiger partial charge in [0.25, 0.3) is 0 Å². The van der Waals surface area contributed by atoms with Crippen LogP contribution >= 0.6 is 0 Å². The number of ether oxygens (including phenoxy) is 1. The molecule has 66 valence electrons. The number of ketones is 2. The molecule has 0 aromatic rings. The van der Waals surface area contributed by atoms with E-state index in [2.05, 4.69) is 0 Å². The van der Waals surface area contributed by atoms with Crippen LogP contribution in [0.4, 0.5) is 0 Å². The highest BCUT2D eigenvalue weighted by Crippen LogP contribution is 2.21. The van der Waals surface area contributed by atoms with Crippen LogP contribution < -0.4 is 0 Å². The van der Waals surface area contributed by atoms with Crippen molar-refractivity contribution >= 4 is 17.5 Å². The van der Waals surface area contributed by atoms with Gasteiger partial charge in [-0.1, -0.05) is 0 Å². The fourth-order valence-electron chi connectivity index (χ4n) is 1.22. The molecule has 0 aromatic carbocycles. The predicted octanol–water partition coefficient (Wildman–Crippen LogP) is 0.0961. The monoisotopic (exact) mass is 170 g/mol. The number of cyclic esters (lactones) is 1. The Hall–Kier alpha value is -1.19. The number of carbonyl (C=O) groups excluding carboxylic acids is 3. The highest BCUT2D eigenvalue weighted by molar-refractivity contribution is 6.40. The van der Waals surface area contributed by atoms with Gasteiger partial charge in [0.1, 0.15) is 12.0 Å². The van der Waals surface area contributed by atoms with Gasteiger partial charge in [-0.15, -0.1) is 0 Å². The van der Waals surface area contributed by atoms with Crippen molar-refractivity contribution in [2.45, 2.75) is 26.4 Å². The smallest absolute Gasteiger partial charge is 0.317 e. The topological polar surface area (TPSA) is 60.4 Å². The van der Waals surface area contributed by atoms with Crippen LogP contribution in [0.3, 0.4) is 0 Å². The number of esters is 1. The summed E-state index contributed by atoms with van der Waals surface area (Å²) >= 11 is 0. The van der Waals surface area contributed by atoms with Crippen molar-refractivity contribution in [2.24, 2.45) is 5.92 Å². The second-order valence-electron chi connectivity index (χ2n) is 2.96. The van der Waals surface area contributed by atoms with Crippen LogP contribution in [0.15, 0.2) is 0 Å². The molecule has 4 nitrogen and oxygen atoms in total. The lowest BCUT2D eigenvalue weighted by Gasteiger charge is -1.98. The zero-order valence-corrected chi connectivity index (χ0v) is 6.99. The van der Waals surface area contributed by atoms with Gasteiger partial charge in [-0.05, 0) is 6.92 Å². The summed E-state index contributed by atoms with van der Waals surface area (Å²) in [4.78, 5) is 32.6. The summed E-state index contributed by atoms with van der Waals surface area (Å²) in [6.45, 7) is 2.86. The van der Waals surface area contributed by atoms with Crippen LogP contribution in [0.25, 0.3) is 0 Å². The maximum atomic E-state index is 11.1. The maximum absolute atomic E-state index is 11.1. The molecule has 0 spiro atoms. The zero-order valence-electron chi connectivity index (χ0n) is 6.99. The Morgan fingerprint density at radius 3 is 2.42 bits per heavy atom. The van der Waals surface area contributed by atoms with Crippen LogP contribution in [0.5, 0.6) is 0 Å². The van der Waals surface area contributed by atoms with Gasteiger partial charge in [0.15, 0.2) is 5.78 Å². The summed E-state index contributed by atoms with van der Waals surface area (Å²) in [5.74, 6) is -2.63. The molecule has 0 aromatic heterocycles. The second-order valence-corrected chi connectivity index (χ2v) is 2.96. The average molecular weight is 170 g/mol. The molecule has 1 saturated heterocycles. The van der Waals surface area contributed by atoms with Crippen molar-refractivity contribution in [1.29, 1.82) is 0 Å². The van der Waals surface area contributed by atoms with E-state index < -0.39 is 23.5 Å². The molecule has 4 heteroatoms. The summed E-state index contributed by atoms with van der Waals surface area (Å²) in [6.07, 6.45) is 0.0860. The fraction of sp³-hybridized carbons (Fsp3) is 0.625. The summed E-state index contributed by atoms with van der Waals surface area (Å²) in [5.41, 5.74) is 0. The lowest BCUT2D eigenvalue weighted by atomic mass is 9.98. The highest BCUT2D eigenvalue weighted by Gasteiger charge is 2.38. The van der Waals surface area contributed by atoms with Gasteiger partial charge < -0.3 is 4.74 Å². The number of Topliss-reactive ketones (excluding diaryl/α,β-unsaturated/α-hetero) is 2. The third kappa shape index (κ3) is 1.52. The number of hydrogen-bond donors (Lipinski definition) is 0. The SMILES string of the molecule is CC(=O)C(=O)C1CC(C)OC1=O. The van der Waals surface area contributed by atoms with Gasteiger partial charge in [0, 0.05) is 13.3 Å². The Labute approximate surface area is 69.9 Å². The summed E-state index contributed by atoms with van der Waals surface area (Å²) in [6, 6.07) is 0. The van der Waals surface area contributed by atoms with E-state index in [4.69, 9.17) is 4.74 Å². The first-order valence-electron chi connectivity index (χ1n) is 3.77. The van der Waals surface area contributed by atoms with Crippen molar-refractivity contribution in [3.63, 3.8) is 0 Å². The van der Waals surface area contributed by atoms with E-state index in [1.165, 1.54) is 6.92 Å². The third-order valence-electron chi connectivity index (χ3n) is 1.83. The van der Waals surface area contributed by atoms with E-state index in [1.807, 2.05) is 0 Å². The molecule has 0 aliphatic carbocycles. The van der Waals surface area contributed by atoms with Gasteiger partial charge in [-0.3, -0.25) is 14.4 Å². The minimum atomic E-state index is -0.850. The molecule has 0 bridgehead atoms. The van der Waals surface area contributed by atoms with E-state index in [0.29, 0.717) is 6.42 Å². The minimum Gasteiger partial charge on any atom is -0.462 e. The van der Waals surface area contributed by atoms with E-state index in [-0.39, 0.29) is 6.10 Å². The summed E-state index contributed by atoms with van der Waals surface area (Å²) in [7, 11) is 0. The van der Waals surface area contributed by atoms with Crippen LogP contribution in [-0.4, -0.2) is 23.6 Å². The normalized spacial score (nSPS) is 28.3. The molecule has 1 heterocycles. The van der Waals surface area contributed by atoms with E-state index >= 15 is 0 Å². The number of hydrogen-bond acceptors (Lipinski definition) is 4. The molecule has 0 amide bonds. The summed E-state index contributed by atoms with van der Waals surface area (Å²) in [5, 5.41) is 0. The van der Waals surface area contributed by atoms with E-state index in [9.17, 15) is 14.4 Å². The number of rotatable bonds is 2. The molecule has 0 N–H and O–H groups in total. The Morgan fingerprint density at radius 1 is 1.50 bits per heavy atom. The number of carbonyl (C=O) groups is 3. The highest BCUT2D eigenvalue weighted by atomic mass is 16.5. The minimum absolute atomic E-state index is 0.245. The average Bonchev–Trinajstić information content (AvgIpc) is 2.28. The Morgan fingerprint density at radius 2 is 2.08 bits per heavy atom. The zero-order chi connectivity index (χ0) is 9.30. The van der Waals surface area contributed by atoms with Crippen molar-refractivity contribution < 1.29 is 19.1 Å². The molecular weight excluding hydrogens is 160 g/mol. The van der Waals surface area contributed by atoms with Gasteiger partial charge in [-0.2, -0.15) is 0 Å². The van der Waals surface area contributed by atoms with Crippen LogP contribution in [0.1, 0.15) is 20.3 Å². The molecule has 12 heavy (non-hydrogen) atoms. The molecule has 1 fully saturated rings. The molecule has 0 radical (unpaired) electrons. The van der Waals surface area contributed by atoms with Gasteiger partial charge in [-0.25, -0.2) is 0 Å². The standard InChI is InChI=1S/C8H10O4/c1-4-3-6(8(11)12-4)7(10)5(2)9/h4,6H,3H2,1-2H3. The quantitative estimate of drug-likeness (QED) is 0.335. The lowest BCUT2D eigenvalue weighted by molar-refractivity contribution is -0.149. The molecule has 2 atom stereocenters. The molecular formula is C8H10O4. The van der Waals surface area contributed by atoms with Crippen LogP contribution in [-0.2, 0) is 19.1 Å². The van der Waals surface area contributed by atoms with Crippen molar-refractivity contribution in [2.75, 3.05) is 0 Å². The van der Waals surface area contributed by atoms with Gasteiger partial charge >= 0.3 is 5.97 Å². The fourth-order valence-corrected chi connectivity index (χ4v) is 1.22. The first-order chi connectivity index (χ1) is 5.52. The Bertz CT molecular complexity index is 243. The molecule has 0 saturated carbocycles. The van der Waals surface area contributed by atoms with Gasteiger partial charge in [0.2, 0.25) is 5.78 Å². The first kappa shape index (κ1) is 8.90. The molecule has 1 aliphatic rings. The predicted molar refractivity (Wildman–Crippen MR) is 39.3 cm³/mol. The van der Waals surface area contributed by atoms with Crippen molar-refractivity contribution in [3.8, 4) is 0 Å². The maximum Gasteiger partial charge on any atom is 0.317 e. The Balaban J connectivity index is 2.71. The van der Waals surface area contributed by atoms with Gasteiger partial charge in [0.05, 0.1) is 0 Å². The third-order valence-corrected chi connectivity index (χ3v) is 1.83. The summed E-state index contributed by atoms with van der Waals surface area (Å²) < 4.78 is 4.73. The Kier molecular flexibility index (Phi) is 2.26. The first-order valence-corrected chi connectivity index (χ1v) is 3.77. The van der Waals surface area contributed by atoms with Crippen LogP contribution in [0.2, 0.25) is 0 Å². The van der Waals surface area contributed by atoms with E-state index in [1.54, 1.807) is 6.92 Å². The van der Waals surface area contributed by atoms with Crippen LogP contribution in [0, 0.1) is 5.92 Å².